The first-order valence-electron chi connectivity index (χ1n) is 12.9. The summed E-state index contributed by atoms with van der Waals surface area (Å²) < 4.78 is 12.4. The van der Waals surface area contributed by atoms with Crippen LogP contribution in [0.2, 0.25) is 0 Å². The fourth-order valence-corrected chi connectivity index (χ4v) is 5.71. The normalized spacial score (nSPS) is 12.1. The number of ether oxygens (including phenoxy) is 2. The highest BCUT2D eigenvalue weighted by molar-refractivity contribution is 6.25. The van der Waals surface area contributed by atoms with Gasteiger partial charge in [0.1, 0.15) is 0 Å². The highest BCUT2D eigenvalue weighted by Gasteiger charge is 2.21. The molecule has 2 heteroatoms. The first-order chi connectivity index (χ1) is 18.8. The lowest BCUT2D eigenvalue weighted by atomic mass is 9.92. The number of para-hydroxylation sites is 3. The van der Waals surface area contributed by atoms with Gasteiger partial charge in [-0.25, -0.2) is 0 Å². The molecule has 0 N–H and O–H groups in total. The minimum atomic E-state index is 0.735. The van der Waals surface area contributed by atoms with Gasteiger partial charge in [-0.1, -0.05) is 109 Å². The van der Waals surface area contributed by atoms with E-state index >= 15 is 0 Å². The summed E-state index contributed by atoms with van der Waals surface area (Å²) in [7, 11) is 0. The van der Waals surface area contributed by atoms with Gasteiger partial charge in [0.25, 0.3) is 0 Å². The molecule has 0 unspecified atom stereocenters. The van der Waals surface area contributed by atoms with E-state index in [4.69, 9.17) is 9.47 Å². The lowest BCUT2D eigenvalue weighted by Crippen LogP contribution is -2.00. The maximum Gasteiger partial charge on any atom is 0.177 e. The van der Waals surface area contributed by atoms with E-state index in [1.54, 1.807) is 0 Å². The predicted molar refractivity (Wildman–Crippen MR) is 156 cm³/mol. The molecule has 1 aliphatic heterocycles. The van der Waals surface area contributed by atoms with Crippen LogP contribution in [0.15, 0.2) is 133 Å². The molecule has 0 radical (unpaired) electrons. The van der Waals surface area contributed by atoms with Crippen molar-refractivity contribution in [3.63, 3.8) is 0 Å². The molecule has 0 fully saturated rings. The SMILES string of the molecule is c1ccc2c(c1)Oc1cccc(-c3ccc(-c4ccc5c6ccccc6c6ccccc6c5c4)cc3)c1O2. The zero-order chi connectivity index (χ0) is 25.1. The van der Waals surface area contributed by atoms with E-state index < -0.39 is 0 Å². The summed E-state index contributed by atoms with van der Waals surface area (Å²) in [5, 5.41) is 7.73. The summed E-state index contributed by atoms with van der Waals surface area (Å²) >= 11 is 0. The van der Waals surface area contributed by atoms with Crippen molar-refractivity contribution in [2.24, 2.45) is 0 Å². The molecule has 0 aromatic heterocycles. The number of benzene rings is 7. The Morgan fingerprint density at radius 1 is 0.316 bits per heavy atom. The van der Waals surface area contributed by atoms with Crippen LogP contribution < -0.4 is 9.47 Å². The Kier molecular flexibility index (Phi) is 4.55. The highest BCUT2D eigenvalue weighted by atomic mass is 16.6. The summed E-state index contributed by atoms with van der Waals surface area (Å²) in [6.45, 7) is 0. The van der Waals surface area contributed by atoms with Crippen molar-refractivity contribution in [1.29, 1.82) is 0 Å². The van der Waals surface area contributed by atoms with Crippen LogP contribution in [0.25, 0.3) is 54.6 Å². The van der Waals surface area contributed by atoms with E-state index in [1.165, 1.54) is 43.4 Å². The molecule has 0 saturated carbocycles. The molecule has 0 saturated heterocycles. The van der Waals surface area contributed by atoms with Gasteiger partial charge in [0, 0.05) is 5.56 Å². The predicted octanol–water partition coefficient (Wildman–Crippen LogP) is 10.4. The second-order valence-electron chi connectivity index (χ2n) is 9.71. The standard InChI is InChI=1S/C36H22O2/c1-2-10-29-27(8-1)28-9-3-4-11-30(28)32-22-25(20-21-31(29)32)23-16-18-24(19-17-23)26-12-7-15-35-36(26)38-34-14-6-5-13-33(34)37-35/h1-22H. The lowest BCUT2D eigenvalue weighted by molar-refractivity contribution is 0.361. The zero-order valence-corrected chi connectivity index (χ0v) is 20.5. The topological polar surface area (TPSA) is 18.5 Å². The molecular weight excluding hydrogens is 464 g/mol. The van der Waals surface area contributed by atoms with Gasteiger partial charge < -0.3 is 9.47 Å². The quantitative estimate of drug-likeness (QED) is 0.226. The Morgan fingerprint density at radius 3 is 1.50 bits per heavy atom. The number of rotatable bonds is 2. The monoisotopic (exact) mass is 486 g/mol. The van der Waals surface area contributed by atoms with E-state index in [0.29, 0.717) is 0 Å². The smallest absolute Gasteiger partial charge is 0.177 e. The Morgan fingerprint density at radius 2 is 0.816 bits per heavy atom. The van der Waals surface area contributed by atoms with Crippen LogP contribution in [-0.4, -0.2) is 0 Å². The maximum atomic E-state index is 6.28. The minimum Gasteiger partial charge on any atom is -0.449 e. The summed E-state index contributed by atoms with van der Waals surface area (Å²) in [5.41, 5.74) is 4.48. The third kappa shape index (κ3) is 3.21. The van der Waals surface area contributed by atoms with Crippen molar-refractivity contribution < 1.29 is 9.47 Å². The summed E-state index contributed by atoms with van der Waals surface area (Å²) in [6.07, 6.45) is 0. The van der Waals surface area contributed by atoms with Crippen LogP contribution in [0.1, 0.15) is 0 Å². The number of hydrogen-bond donors (Lipinski definition) is 0. The molecule has 0 amide bonds. The Bertz CT molecular complexity index is 1980. The van der Waals surface area contributed by atoms with E-state index in [9.17, 15) is 0 Å². The van der Waals surface area contributed by atoms with Gasteiger partial charge in [-0.3, -0.25) is 0 Å². The lowest BCUT2D eigenvalue weighted by Gasteiger charge is -2.22. The van der Waals surface area contributed by atoms with Gasteiger partial charge in [-0.15, -0.1) is 0 Å². The average Bonchev–Trinajstić information content (AvgIpc) is 3.00. The molecule has 1 heterocycles. The van der Waals surface area contributed by atoms with Crippen LogP contribution in [0.3, 0.4) is 0 Å². The third-order valence-electron chi connectivity index (χ3n) is 7.53. The molecule has 38 heavy (non-hydrogen) atoms. The average molecular weight is 487 g/mol. The second-order valence-corrected chi connectivity index (χ2v) is 9.71. The molecule has 0 aliphatic carbocycles. The number of fused-ring (bicyclic) bond motifs is 8. The van der Waals surface area contributed by atoms with E-state index in [-0.39, 0.29) is 0 Å². The van der Waals surface area contributed by atoms with Gasteiger partial charge in [-0.05, 0) is 73.3 Å². The molecule has 7 aromatic rings. The van der Waals surface area contributed by atoms with Crippen molar-refractivity contribution in [1.82, 2.24) is 0 Å². The van der Waals surface area contributed by atoms with Gasteiger partial charge in [0.15, 0.2) is 23.0 Å². The van der Waals surface area contributed by atoms with Crippen molar-refractivity contribution in [3.8, 4) is 45.3 Å². The van der Waals surface area contributed by atoms with Gasteiger partial charge in [-0.2, -0.15) is 0 Å². The molecular formula is C36H22O2. The first kappa shape index (κ1) is 21.0. The number of hydrogen-bond acceptors (Lipinski definition) is 2. The second kappa shape index (κ2) is 8.22. The zero-order valence-electron chi connectivity index (χ0n) is 20.5. The van der Waals surface area contributed by atoms with E-state index in [1.807, 2.05) is 36.4 Å². The molecule has 0 spiro atoms. The fourth-order valence-electron chi connectivity index (χ4n) is 5.71. The maximum absolute atomic E-state index is 6.28. The summed E-state index contributed by atoms with van der Waals surface area (Å²) in [5.74, 6) is 2.96. The largest absolute Gasteiger partial charge is 0.449 e. The van der Waals surface area contributed by atoms with Gasteiger partial charge in [0.2, 0.25) is 0 Å². The molecule has 8 rings (SSSR count). The molecule has 2 nitrogen and oxygen atoms in total. The van der Waals surface area contributed by atoms with Crippen LogP contribution >= 0.6 is 0 Å². The van der Waals surface area contributed by atoms with Gasteiger partial charge >= 0.3 is 0 Å². The van der Waals surface area contributed by atoms with Crippen LogP contribution in [0, 0.1) is 0 Å². The van der Waals surface area contributed by atoms with Gasteiger partial charge in [0.05, 0.1) is 0 Å². The van der Waals surface area contributed by atoms with E-state index in [0.717, 1.165) is 34.1 Å². The Balaban J connectivity index is 1.22. The molecule has 178 valence electrons. The minimum absolute atomic E-state index is 0.735. The molecule has 7 aromatic carbocycles. The van der Waals surface area contributed by atoms with Crippen molar-refractivity contribution in [2.45, 2.75) is 0 Å². The van der Waals surface area contributed by atoms with E-state index in [2.05, 4.69) is 97.1 Å². The molecule has 1 aliphatic rings. The molecule has 0 bridgehead atoms. The Labute approximate surface area is 220 Å². The van der Waals surface area contributed by atoms with Crippen molar-refractivity contribution in [3.05, 3.63) is 133 Å². The van der Waals surface area contributed by atoms with Crippen molar-refractivity contribution in [2.75, 3.05) is 0 Å². The van der Waals surface area contributed by atoms with Crippen molar-refractivity contribution >= 4 is 32.3 Å². The highest BCUT2D eigenvalue weighted by Crippen LogP contribution is 2.49. The fraction of sp³-hybridized carbons (Fsp3) is 0. The van der Waals surface area contributed by atoms with Crippen LogP contribution in [0.4, 0.5) is 0 Å². The Hall–Kier alpha value is -5.08. The first-order valence-corrected chi connectivity index (χ1v) is 12.9. The third-order valence-corrected chi connectivity index (χ3v) is 7.53. The van der Waals surface area contributed by atoms with Crippen LogP contribution in [-0.2, 0) is 0 Å². The molecule has 0 atom stereocenters. The van der Waals surface area contributed by atoms with Crippen LogP contribution in [0.5, 0.6) is 23.0 Å². The summed E-state index contributed by atoms with van der Waals surface area (Å²) in [6, 6.07) is 46.8. The summed E-state index contributed by atoms with van der Waals surface area (Å²) in [4.78, 5) is 0.